The van der Waals surface area contributed by atoms with E-state index in [9.17, 15) is 20.1 Å². The number of amides is 1. The van der Waals surface area contributed by atoms with E-state index in [2.05, 4.69) is 15.3 Å². The van der Waals surface area contributed by atoms with E-state index in [1.807, 2.05) is 0 Å². The molecule has 1 aliphatic heterocycles. The summed E-state index contributed by atoms with van der Waals surface area (Å²) in [6.45, 7) is 4.28. The fourth-order valence-electron chi connectivity index (χ4n) is 2.01. The fraction of sp³-hybridized carbons (Fsp3) is 0.917. The molecule has 1 rings (SSSR count). The van der Waals surface area contributed by atoms with E-state index in [4.69, 9.17) is 15.0 Å². The summed E-state index contributed by atoms with van der Waals surface area (Å²) in [5, 5.41) is 34.7. The molecule has 1 amide bonds. The normalized spacial score (nSPS) is 32.2. The van der Waals surface area contributed by atoms with Gasteiger partial charge in [0.1, 0.15) is 30.9 Å². The average Bonchev–Trinajstić information content (AvgIpc) is 2.43. The van der Waals surface area contributed by atoms with Crippen LogP contribution in [0.25, 0.3) is 10.4 Å². The molecule has 0 spiro atoms. The van der Waals surface area contributed by atoms with E-state index >= 15 is 0 Å². The molecule has 1 heterocycles. The van der Waals surface area contributed by atoms with Gasteiger partial charge in [0.2, 0.25) is 5.91 Å². The highest BCUT2D eigenvalue weighted by molar-refractivity contribution is 5.78. The predicted molar refractivity (Wildman–Crippen MR) is 74.5 cm³/mol. The maximum atomic E-state index is 11.7. The fourth-order valence-corrected chi connectivity index (χ4v) is 2.01. The van der Waals surface area contributed by atoms with Crippen molar-refractivity contribution in [2.45, 2.75) is 57.0 Å². The zero-order chi connectivity index (χ0) is 16.9. The molecule has 0 radical (unpaired) electrons. The first-order chi connectivity index (χ1) is 10.2. The lowest BCUT2D eigenvalue weighted by atomic mass is 9.96. The molecule has 126 valence electrons. The summed E-state index contributed by atoms with van der Waals surface area (Å²) in [7, 11) is 0. The van der Waals surface area contributed by atoms with Crippen molar-refractivity contribution in [1.29, 1.82) is 0 Å². The number of ether oxygens (including phenoxy) is 2. The van der Waals surface area contributed by atoms with E-state index in [0.717, 1.165) is 0 Å². The van der Waals surface area contributed by atoms with Crippen molar-refractivity contribution in [3.8, 4) is 0 Å². The Balaban J connectivity index is 2.89. The van der Waals surface area contributed by atoms with Gasteiger partial charge in [-0.2, -0.15) is 0 Å². The monoisotopic (exact) mass is 318 g/mol. The zero-order valence-electron chi connectivity index (χ0n) is 12.7. The second-order valence-corrected chi connectivity index (χ2v) is 5.92. The number of carbonyl (C=O) groups excluding carboxylic acids is 1. The highest BCUT2D eigenvalue weighted by Gasteiger charge is 2.46. The Morgan fingerprint density at radius 1 is 1.41 bits per heavy atom. The molecule has 0 aromatic heterocycles. The second kappa shape index (κ2) is 7.73. The van der Waals surface area contributed by atoms with Gasteiger partial charge in [0.05, 0.1) is 12.2 Å². The van der Waals surface area contributed by atoms with Crippen LogP contribution in [0.2, 0.25) is 0 Å². The molecule has 0 aliphatic carbocycles. The molecule has 0 aromatic carbocycles. The molecule has 0 saturated carbocycles. The van der Waals surface area contributed by atoms with E-state index in [1.165, 1.54) is 0 Å². The number of rotatable bonds is 5. The van der Waals surface area contributed by atoms with Gasteiger partial charge in [-0.15, -0.1) is 0 Å². The van der Waals surface area contributed by atoms with Crippen LogP contribution in [-0.4, -0.2) is 70.6 Å². The number of nitrogens with zero attached hydrogens (tertiary/aromatic N) is 3. The second-order valence-electron chi connectivity index (χ2n) is 5.92. The SMILES string of the molecule is CC(C)(C)O[C@H]1OC(CO)[C@H](O)C(O)[C@@H]1NC(=O)CN=[N+]=[N-]. The Kier molecular flexibility index (Phi) is 6.54. The number of aliphatic hydroxyl groups is 3. The number of aliphatic hydroxyl groups excluding tert-OH is 3. The van der Waals surface area contributed by atoms with Crippen molar-refractivity contribution in [3.05, 3.63) is 10.4 Å². The Morgan fingerprint density at radius 2 is 2.05 bits per heavy atom. The van der Waals surface area contributed by atoms with Gasteiger partial charge in [0.25, 0.3) is 0 Å². The van der Waals surface area contributed by atoms with Crippen molar-refractivity contribution in [1.82, 2.24) is 5.32 Å². The lowest BCUT2D eigenvalue weighted by Gasteiger charge is -2.44. The van der Waals surface area contributed by atoms with Crippen molar-refractivity contribution in [3.63, 3.8) is 0 Å². The van der Waals surface area contributed by atoms with Gasteiger partial charge >= 0.3 is 0 Å². The highest BCUT2D eigenvalue weighted by atomic mass is 16.7. The number of hydrogen-bond acceptors (Lipinski definition) is 7. The van der Waals surface area contributed by atoms with Gasteiger partial charge < -0.3 is 30.1 Å². The van der Waals surface area contributed by atoms with Gasteiger partial charge in [-0.05, 0) is 26.3 Å². The van der Waals surface area contributed by atoms with Crippen molar-refractivity contribution in [2.24, 2.45) is 5.11 Å². The summed E-state index contributed by atoms with van der Waals surface area (Å²) in [6.07, 6.45) is -4.92. The molecule has 2 unspecified atom stereocenters. The lowest BCUT2D eigenvalue weighted by molar-refractivity contribution is -0.292. The Morgan fingerprint density at radius 3 is 2.55 bits per heavy atom. The standard InChI is InChI=1S/C12H22N4O6/c1-12(2,3)22-11-8(15-7(18)4-14-16-13)10(20)9(19)6(5-17)21-11/h6,8-11,17,19-20H,4-5H2,1-3H3,(H,15,18)/t6?,8-,9-,10?,11+/m0/s1. The largest absolute Gasteiger partial charge is 0.394 e. The lowest BCUT2D eigenvalue weighted by Crippen LogP contribution is -2.65. The minimum absolute atomic E-state index is 0.457. The van der Waals surface area contributed by atoms with E-state index < -0.39 is 55.3 Å². The first-order valence-corrected chi connectivity index (χ1v) is 6.80. The van der Waals surface area contributed by atoms with Crippen molar-refractivity contribution >= 4 is 5.91 Å². The topological polar surface area (TPSA) is 157 Å². The number of hydrogen-bond donors (Lipinski definition) is 4. The maximum absolute atomic E-state index is 11.7. The van der Waals surface area contributed by atoms with Crippen LogP contribution in [0.15, 0.2) is 5.11 Å². The first kappa shape index (κ1) is 18.6. The average molecular weight is 318 g/mol. The molecule has 0 bridgehead atoms. The van der Waals surface area contributed by atoms with E-state index in [1.54, 1.807) is 20.8 Å². The maximum Gasteiger partial charge on any atom is 0.226 e. The van der Waals surface area contributed by atoms with Crippen molar-refractivity contribution in [2.75, 3.05) is 13.2 Å². The summed E-state index contributed by atoms with van der Waals surface area (Å²) in [4.78, 5) is 14.1. The molecule has 1 aliphatic rings. The van der Waals surface area contributed by atoms with Crippen LogP contribution in [0.3, 0.4) is 0 Å². The van der Waals surface area contributed by atoms with E-state index in [-0.39, 0.29) is 0 Å². The van der Waals surface area contributed by atoms with E-state index in [0.29, 0.717) is 0 Å². The minimum atomic E-state index is -1.41. The van der Waals surface area contributed by atoms with Gasteiger partial charge in [-0.3, -0.25) is 4.79 Å². The number of azide groups is 1. The molecule has 5 atom stereocenters. The first-order valence-electron chi connectivity index (χ1n) is 6.80. The Labute approximate surface area is 127 Å². The summed E-state index contributed by atoms with van der Waals surface area (Å²) in [5.41, 5.74) is 7.55. The Hall–Kier alpha value is -1.42. The predicted octanol–water partition coefficient (Wildman–Crippen LogP) is -0.964. The molecule has 1 fully saturated rings. The molecule has 0 aromatic rings. The molecule has 10 nitrogen and oxygen atoms in total. The zero-order valence-corrected chi connectivity index (χ0v) is 12.7. The summed E-state index contributed by atoms with van der Waals surface area (Å²) in [6, 6.07) is -1.07. The third kappa shape index (κ3) is 5.09. The summed E-state index contributed by atoms with van der Waals surface area (Å²) < 4.78 is 11.0. The quantitative estimate of drug-likeness (QED) is 0.290. The molecule has 22 heavy (non-hydrogen) atoms. The third-order valence-electron chi connectivity index (χ3n) is 2.96. The smallest absolute Gasteiger partial charge is 0.226 e. The van der Waals surface area contributed by atoms with Gasteiger partial charge in [0.15, 0.2) is 6.29 Å². The molecule has 4 N–H and O–H groups in total. The highest BCUT2D eigenvalue weighted by Crippen LogP contribution is 2.25. The van der Waals surface area contributed by atoms with Crippen LogP contribution < -0.4 is 5.32 Å². The van der Waals surface area contributed by atoms with Crippen LogP contribution in [0.5, 0.6) is 0 Å². The van der Waals surface area contributed by atoms with Crippen LogP contribution in [0.4, 0.5) is 0 Å². The van der Waals surface area contributed by atoms with Crippen LogP contribution >= 0.6 is 0 Å². The van der Waals surface area contributed by atoms with Gasteiger partial charge in [0, 0.05) is 4.91 Å². The summed E-state index contributed by atoms with van der Waals surface area (Å²) in [5.74, 6) is -0.650. The number of carbonyl (C=O) groups is 1. The minimum Gasteiger partial charge on any atom is -0.394 e. The molecular formula is C12H22N4O6. The van der Waals surface area contributed by atoms with Crippen LogP contribution in [-0.2, 0) is 14.3 Å². The van der Waals surface area contributed by atoms with Gasteiger partial charge in [-0.1, -0.05) is 5.11 Å². The molecule has 10 heteroatoms. The Bertz CT molecular complexity index is 434. The van der Waals surface area contributed by atoms with Crippen LogP contribution in [0, 0.1) is 0 Å². The molecular weight excluding hydrogens is 296 g/mol. The summed E-state index contributed by atoms with van der Waals surface area (Å²) >= 11 is 0. The van der Waals surface area contributed by atoms with Gasteiger partial charge in [-0.25, -0.2) is 0 Å². The van der Waals surface area contributed by atoms with Crippen LogP contribution in [0.1, 0.15) is 20.8 Å². The molecule has 1 saturated heterocycles. The van der Waals surface area contributed by atoms with Crippen molar-refractivity contribution < 1.29 is 29.6 Å². The third-order valence-corrected chi connectivity index (χ3v) is 2.96. The number of nitrogens with one attached hydrogen (secondary N) is 1.